The molecule has 4 heteroatoms. The van der Waals surface area contributed by atoms with Crippen LogP contribution < -0.4 is 0 Å². The smallest absolute Gasteiger partial charge is 0.339 e. The summed E-state index contributed by atoms with van der Waals surface area (Å²) in [4.78, 5) is 11.1. The number of methoxy groups -OCH3 is 1. The van der Waals surface area contributed by atoms with Crippen LogP contribution in [0, 0.1) is 0 Å². The lowest BCUT2D eigenvalue weighted by Crippen LogP contribution is -2.02. The molecule has 1 rings (SSSR count). The van der Waals surface area contributed by atoms with E-state index in [-0.39, 0.29) is 12.2 Å². The van der Waals surface area contributed by atoms with E-state index in [4.69, 9.17) is 16.7 Å². The van der Waals surface area contributed by atoms with Gasteiger partial charge in [0, 0.05) is 0 Å². The molecule has 0 radical (unpaired) electrons. The summed E-state index contributed by atoms with van der Waals surface area (Å²) in [7, 11) is 1.28. The average Bonchev–Trinajstić information content (AvgIpc) is 2.17. The molecule has 0 amide bonds. The first-order valence-corrected chi connectivity index (χ1v) is 4.04. The lowest BCUT2D eigenvalue weighted by molar-refractivity contribution is 0.0600. The molecular weight excluding hydrogens is 192 g/mol. The molecule has 0 heterocycles. The van der Waals surface area contributed by atoms with E-state index in [2.05, 4.69) is 4.74 Å². The standard InChI is InChI=1S/C9H9ClO3/c1-13-9(12)7-4-6(5-11)2-3-8(7)10/h2-4,11H,5H2,1H3. The third kappa shape index (κ3) is 2.20. The van der Waals surface area contributed by atoms with Crippen molar-refractivity contribution in [1.29, 1.82) is 0 Å². The molecule has 0 aliphatic heterocycles. The van der Waals surface area contributed by atoms with Crippen LogP contribution in [0.2, 0.25) is 5.02 Å². The van der Waals surface area contributed by atoms with Crippen molar-refractivity contribution in [2.75, 3.05) is 7.11 Å². The Labute approximate surface area is 80.9 Å². The van der Waals surface area contributed by atoms with E-state index in [0.29, 0.717) is 10.6 Å². The number of benzene rings is 1. The van der Waals surface area contributed by atoms with E-state index in [1.165, 1.54) is 13.2 Å². The van der Waals surface area contributed by atoms with Crippen molar-refractivity contribution in [3.63, 3.8) is 0 Å². The average molecular weight is 201 g/mol. The Hall–Kier alpha value is -1.06. The number of rotatable bonds is 2. The van der Waals surface area contributed by atoms with Crippen LogP contribution in [0.15, 0.2) is 18.2 Å². The Kier molecular flexibility index (Phi) is 3.28. The van der Waals surface area contributed by atoms with Gasteiger partial charge < -0.3 is 9.84 Å². The van der Waals surface area contributed by atoms with Gasteiger partial charge in [-0.2, -0.15) is 0 Å². The van der Waals surface area contributed by atoms with Gasteiger partial charge in [-0.3, -0.25) is 0 Å². The maximum absolute atomic E-state index is 11.1. The number of hydrogen-bond donors (Lipinski definition) is 1. The number of hydrogen-bond acceptors (Lipinski definition) is 3. The minimum Gasteiger partial charge on any atom is -0.465 e. The second-order valence-corrected chi connectivity index (χ2v) is 2.87. The molecule has 0 aromatic heterocycles. The minimum atomic E-state index is -0.500. The summed E-state index contributed by atoms with van der Waals surface area (Å²) in [6, 6.07) is 4.71. The molecule has 0 aliphatic rings. The Morgan fingerprint density at radius 2 is 2.31 bits per heavy atom. The third-order valence-corrected chi connectivity index (χ3v) is 1.95. The first-order chi connectivity index (χ1) is 6.19. The summed E-state index contributed by atoms with van der Waals surface area (Å²) in [6.45, 7) is -0.124. The quantitative estimate of drug-likeness (QED) is 0.738. The van der Waals surface area contributed by atoms with Gasteiger partial charge in [-0.25, -0.2) is 4.79 Å². The number of carbonyl (C=O) groups is 1. The summed E-state index contributed by atoms with van der Waals surface area (Å²) in [5, 5.41) is 9.14. The molecule has 0 atom stereocenters. The van der Waals surface area contributed by atoms with Gasteiger partial charge in [0.1, 0.15) is 0 Å². The number of halogens is 1. The van der Waals surface area contributed by atoms with Gasteiger partial charge in [-0.15, -0.1) is 0 Å². The van der Waals surface area contributed by atoms with Crippen molar-refractivity contribution < 1.29 is 14.6 Å². The highest BCUT2D eigenvalue weighted by Gasteiger charge is 2.10. The van der Waals surface area contributed by atoms with Crippen LogP contribution in [0.1, 0.15) is 15.9 Å². The molecule has 1 aromatic carbocycles. The van der Waals surface area contributed by atoms with Crippen LogP contribution in [0.4, 0.5) is 0 Å². The second-order valence-electron chi connectivity index (χ2n) is 2.46. The Morgan fingerprint density at radius 1 is 1.62 bits per heavy atom. The largest absolute Gasteiger partial charge is 0.465 e. The fraction of sp³-hybridized carbons (Fsp3) is 0.222. The van der Waals surface area contributed by atoms with Crippen molar-refractivity contribution in [2.45, 2.75) is 6.61 Å². The van der Waals surface area contributed by atoms with Crippen molar-refractivity contribution in [3.05, 3.63) is 34.3 Å². The first-order valence-electron chi connectivity index (χ1n) is 3.66. The molecule has 0 fully saturated rings. The number of aliphatic hydroxyl groups is 1. The zero-order valence-electron chi connectivity index (χ0n) is 7.08. The molecule has 1 aromatic rings. The molecule has 0 aliphatic carbocycles. The highest BCUT2D eigenvalue weighted by atomic mass is 35.5. The van der Waals surface area contributed by atoms with Crippen LogP contribution in [0.25, 0.3) is 0 Å². The topological polar surface area (TPSA) is 46.5 Å². The SMILES string of the molecule is COC(=O)c1cc(CO)ccc1Cl. The summed E-state index contributed by atoms with van der Waals surface area (Å²) in [5.74, 6) is -0.500. The summed E-state index contributed by atoms with van der Waals surface area (Å²) in [5.41, 5.74) is 0.903. The highest BCUT2D eigenvalue weighted by molar-refractivity contribution is 6.33. The van der Waals surface area contributed by atoms with E-state index in [1.807, 2.05) is 0 Å². The van der Waals surface area contributed by atoms with Gasteiger partial charge in [0.05, 0.1) is 24.3 Å². The van der Waals surface area contributed by atoms with Crippen molar-refractivity contribution in [2.24, 2.45) is 0 Å². The van der Waals surface area contributed by atoms with Crippen molar-refractivity contribution >= 4 is 17.6 Å². The number of carbonyl (C=O) groups excluding carboxylic acids is 1. The van der Waals surface area contributed by atoms with Crippen LogP contribution in [-0.2, 0) is 11.3 Å². The molecule has 0 saturated carbocycles. The van der Waals surface area contributed by atoms with E-state index in [1.54, 1.807) is 12.1 Å². The van der Waals surface area contributed by atoms with E-state index >= 15 is 0 Å². The summed E-state index contributed by atoms with van der Waals surface area (Å²) >= 11 is 5.74. The maximum Gasteiger partial charge on any atom is 0.339 e. The summed E-state index contributed by atoms with van der Waals surface area (Å²) < 4.78 is 4.51. The molecule has 0 bridgehead atoms. The number of ether oxygens (including phenoxy) is 1. The number of aliphatic hydroxyl groups excluding tert-OH is 1. The molecule has 0 spiro atoms. The van der Waals surface area contributed by atoms with Crippen LogP contribution in [-0.4, -0.2) is 18.2 Å². The Balaban J connectivity index is 3.11. The maximum atomic E-state index is 11.1. The molecule has 13 heavy (non-hydrogen) atoms. The zero-order valence-corrected chi connectivity index (χ0v) is 7.84. The molecular formula is C9H9ClO3. The molecule has 1 N–H and O–H groups in total. The predicted octanol–water partition coefficient (Wildman–Crippen LogP) is 1.62. The first kappa shape index (κ1) is 10.0. The summed E-state index contributed by atoms with van der Waals surface area (Å²) in [6.07, 6.45) is 0. The van der Waals surface area contributed by atoms with Crippen LogP contribution in [0.5, 0.6) is 0 Å². The molecule has 0 saturated heterocycles. The molecule has 0 unspecified atom stereocenters. The van der Waals surface area contributed by atoms with Gasteiger partial charge in [-0.1, -0.05) is 17.7 Å². The van der Waals surface area contributed by atoms with Crippen molar-refractivity contribution in [3.8, 4) is 0 Å². The fourth-order valence-electron chi connectivity index (χ4n) is 0.937. The predicted molar refractivity (Wildman–Crippen MR) is 48.7 cm³/mol. The fourth-order valence-corrected chi connectivity index (χ4v) is 1.13. The van der Waals surface area contributed by atoms with Crippen LogP contribution >= 0.6 is 11.6 Å². The van der Waals surface area contributed by atoms with Gasteiger partial charge >= 0.3 is 5.97 Å². The molecule has 70 valence electrons. The van der Waals surface area contributed by atoms with Crippen molar-refractivity contribution in [1.82, 2.24) is 0 Å². The van der Waals surface area contributed by atoms with E-state index in [0.717, 1.165) is 0 Å². The van der Waals surface area contributed by atoms with Gasteiger partial charge in [0.2, 0.25) is 0 Å². The highest BCUT2D eigenvalue weighted by Crippen LogP contribution is 2.18. The number of esters is 1. The van der Waals surface area contributed by atoms with Gasteiger partial charge in [-0.05, 0) is 17.7 Å². The minimum absolute atomic E-state index is 0.124. The zero-order chi connectivity index (χ0) is 9.84. The van der Waals surface area contributed by atoms with E-state index < -0.39 is 5.97 Å². The second kappa shape index (κ2) is 4.25. The lowest BCUT2D eigenvalue weighted by atomic mass is 10.1. The van der Waals surface area contributed by atoms with Gasteiger partial charge in [0.15, 0.2) is 0 Å². The Bertz CT molecular complexity index is 323. The Morgan fingerprint density at radius 3 is 2.85 bits per heavy atom. The van der Waals surface area contributed by atoms with Crippen LogP contribution in [0.3, 0.4) is 0 Å². The lowest BCUT2D eigenvalue weighted by Gasteiger charge is -2.03. The normalized spacial score (nSPS) is 9.77. The molecule has 3 nitrogen and oxygen atoms in total. The third-order valence-electron chi connectivity index (χ3n) is 1.62. The van der Waals surface area contributed by atoms with E-state index in [9.17, 15) is 4.79 Å². The van der Waals surface area contributed by atoms with Gasteiger partial charge in [0.25, 0.3) is 0 Å². The monoisotopic (exact) mass is 200 g/mol.